The van der Waals surface area contributed by atoms with Crippen molar-refractivity contribution in [2.24, 2.45) is 5.92 Å². The second kappa shape index (κ2) is 6.72. The number of carbonyl (C=O) groups excluding carboxylic acids is 1. The van der Waals surface area contributed by atoms with Gasteiger partial charge in [-0.25, -0.2) is 0 Å². The second-order valence-corrected chi connectivity index (χ2v) is 6.02. The molecule has 7 heteroatoms. The minimum absolute atomic E-state index is 0.0467. The predicted octanol–water partition coefficient (Wildman–Crippen LogP) is 2.52. The van der Waals surface area contributed by atoms with Crippen molar-refractivity contribution in [3.8, 4) is 5.75 Å². The first kappa shape index (κ1) is 15.3. The number of tetrazole rings is 1. The van der Waals surface area contributed by atoms with Crippen LogP contribution < -0.4 is 10.1 Å². The SMILES string of the molecule is O=C(Nc1nn[nH]n1)[C@H]1C[C@@H]1c1ccc(OCc2ccccc2)cc1. The Hall–Kier alpha value is -3.22. The lowest BCUT2D eigenvalue weighted by molar-refractivity contribution is -0.117. The van der Waals surface area contributed by atoms with Gasteiger partial charge in [0.15, 0.2) is 0 Å². The molecule has 1 aliphatic carbocycles. The van der Waals surface area contributed by atoms with Gasteiger partial charge in [0, 0.05) is 5.92 Å². The Labute approximate surface area is 144 Å². The van der Waals surface area contributed by atoms with Gasteiger partial charge >= 0.3 is 0 Å². The number of nitrogens with one attached hydrogen (secondary N) is 2. The molecule has 7 nitrogen and oxygen atoms in total. The maximum absolute atomic E-state index is 12.1. The maximum Gasteiger partial charge on any atom is 0.269 e. The van der Waals surface area contributed by atoms with Gasteiger partial charge in [0.2, 0.25) is 5.91 Å². The van der Waals surface area contributed by atoms with Crippen LogP contribution in [0.5, 0.6) is 5.75 Å². The number of rotatable bonds is 6. The second-order valence-electron chi connectivity index (χ2n) is 6.02. The minimum Gasteiger partial charge on any atom is -0.489 e. The predicted molar refractivity (Wildman–Crippen MR) is 90.9 cm³/mol. The van der Waals surface area contributed by atoms with E-state index in [1.54, 1.807) is 0 Å². The first-order valence-electron chi connectivity index (χ1n) is 8.10. The highest BCUT2D eigenvalue weighted by molar-refractivity contribution is 5.93. The Balaban J connectivity index is 1.31. The zero-order valence-electron chi connectivity index (χ0n) is 13.4. The molecule has 1 amide bonds. The van der Waals surface area contributed by atoms with E-state index in [1.165, 1.54) is 0 Å². The molecule has 1 heterocycles. The van der Waals surface area contributed by atoms with Crippen molar-refractivity contribution in [1.29, 1.82) is 0 Å². The average Bonchev–Trinajstić information content (AvgIpc) is 3.30. The molecule has 0 unspecified atom stereocenters. The van der Waals surface area contributed by atoms with E-state index in [1.807, 2.05) is 54.6 Å². The summed E-state index contributed by atoms with van der Waals surface area (Å²) in [4.78, 5) is 12.1. The first-order valence-corrected chi connectivity index (χ1v) is 8.10. The van der Waals surface area contributed by atoms with E-state index >= 15 is 0 Å². The molecular formula is C18H17N5O2. The number of H-pyrrole nitrogens is 1. The van der Waals surface area contributed by atoms with Crippen LogP contribution in [0, 0.1) is 5.92 Å². The van der Waals surface area contributed by atoms with E-state index < -0.39 is 0 Å². The molecule has 1 saturated carbocycles. The van der Waals surface area contributed by atoms with Crippen LogP contribution in [-0.2, 0) is 11.4 Å². The lowest BCUT2D eigenvalue weighted by Crippen LogP contribution is -2.15. The molecule has 0 radical (unpaired) electrons. The van der Waals surface area contributed by atoms with Crippen molar-refractivity contribution >= 4 is 11.9 Å². The Bertz CT molecular complexity index is 834. The van der Waals surface area contributed by atoms with Gasteiger partial charge in [-0.15, -0.1) is 5.10 Å². The minimum atomic E-state index is -0.0733. The summed E-state index contributed by atoms with van der Waals surface area (Å²) in [6.07, 6.45) is 0.827. The van der Waals surface area contributed by atoms with Gasteiger partial charge in [-0.05, 0) is 40.8 Å². The lowest BCUT2D eigenvalue weighted by Gasteiger charge is -2.07. The van der Waals surface area contributed by atoms with Crippen LogP contribution in [0.3, 0.4) is 0 Å². The number of hydrogen-bond acceptors (Lipinski definition) is 5. The van der Waals surface area contributed by atoms with E-state index in [9.17, 15) is 4.79 Å². The van der Waals surface area contributed by atoms with Gasteiger partial charge in [0.25, 0.3) is 5.95 Å². The Morgan fingerprint density at radius 3 is 2.68 bits per heavy atom. The largest absolute Gasteiger partial charge is 0.489 e. The van der Waals surface area contributed by atoms with Crippen molar-refractivity contribution in [1.82, 2.24) is 20.6 Å². The maximum atomic E-state index is 12.1. The van der Waals surface area contributed by atoms with Gasteiger partial charge in [0.1, 0.15) is 12.4 Å². The van der Waals surface area contributed by atoms with E-state index in [0.717, 1.165) is 23.3 Å². The number of carbonyl (C=O) groups is 1. The molecule has 1 aromatic heterocycles. The fourth-order valence-electron chi connectivity index (χ4n) is 2.82. The number of aromatic amines is 1. The molecule has 25 heavy (non-hydrogen) atoms. The molecule has 126 valence electrons. The number of nitrogens with zero attached hydrogens (tertiary/aromatic N) is 3. The van der Waals surface area contributed by atoms with Crippen LogP contribution in [0.1, 0.15) is 23.5 Å². The van der Waals surface area contributed by atoms with Gasteiger partial charge in [-0.2, -0.15) is 5.21 Å². The molecule has 2 aromatic carbocycles. The summed E-state index contributed by atoms with van der Waals surface area (Å²) in [5, 5.41) is 15.8. The number of anilines is 1. The van der Waals surface area contributed by atoms with Crippen LogP contribution in [-0.4, -0.2) is 26.5 Å². The topological polar surface area (TPSA) is 92.8 Å². The molecule has 3 aromatic rings. The molecule has 2 atom stereocenters. The summed E-state index contributed by atoms with van der Waals surface area (Å²) in [7, 11) is 0. The normalized spacial score (nSPS) is 18.6. The quantitative estimate of drug-likeness (QED) is 0.722. The summed E-state index contributed by atoms with van der Waals surface area (Å²) < 4.78 is 5.79. The van der Waals surface area contributed by atoms with Gasteiger partial charge in [-0.1, -0.05) is 47.6 Å². The van der Waals surface area contributed by atoms with Gasteiger partial charge < -0.3 is 4.74 Å². The highest BCUT2D eigenvalue weighted by Gasteiger charge is 2.44. The Morgan fingerprint density at radius 2 is 1.96 bits per heavy atom. The van der Waals surface area contributed by atoms with Gasteiger partial charge in [0.05, 0.1) is 0 Å². The Morgan fingerprint density at radius 1 is 1.16 bits per heavy atom. The molecule has 1 aliphatic rings. The fourth-order valence-corrected chi connectivity index (χ4v) is 2.82. The van der Waals surface area contributed by atoms with Crippen LogP contribution in [0.4, 0.5) is 5.95 Å². The molecule has 4 rings (SSSR count). The van der Waals surface area contributed by atoms with E-state index in [4.69, 9.17) is 4.74 Å². The summed E-state index contributed by atoms with van der Waals surface area (Å²) in [5.41, 5.74) is 2.27. The third-order valence-corrected chi connectivity index (χ3v) is 4.26. The van der Waals surface area contributed by atoms with Crippen LogP contribution in [0.2, 0.25) is 0 Å². The number of ether oxygens (including phenoxy) is 1. The Kier molecular flexibility index (Phi) is 4.12. The van der Waals surface area contributed by atoms with Crippen molar-refractivity contribution in [3.05, 3.63) is 65.7 Å². The molecule has 1 fully saturated rings. The van der Waals surface area contributed by atoms with Crippen molar-refractivity contribution in [3.63, 3.8) is 0 Å². The van der Waals surface area contributed by atoms with Gasteiger partial charge in [-0.3, -0.25) is 10.1 Å². The molecule has 0 spiro atoms. The van der Waals surface area contributed by atoms with Crippen LogP contribution in [0.15, 0.2) is 54.6 Å². The highest BCUT2D eigenvalue weighted by Crippen LogP contribution is 2.48. The molecule has 0 saturated heterocycles. The number of benzene rings is 2. The number of aromatic nitrogens is 4. The summed E-state index contributed by atoms with van der Waals surface area (Å²) in [6.45, 7) is 0.541. The zero-order valence-corrected chi connectivity index (χ0v) is 13.4. The van der Waals surface area contributed by atoms with Crippen molar-refractivity contribution in [2.75, 3.05) is 5.32 Å². The highest BCUT2D eigenvalue weighted by atomic mass is 16.5. The standard InChI is InChI=1S/C18H17N5O2/c24-17(19-18-20-22-23-21-18)16-10-15(16)13-6-8-14(9-7-13)25-11-12-4-2-1-3-5-12/h1-9,15-16H,10-11H2,(H2,19,20,21,22,23,24)/t15-,16+/m1/s1. The smallest absolute Gasteiger partial charge is 0.269 e. The van der Waals surface area contributed by atoms with E-state index in [-0.39, 0.29) is 23.7 Å². The third-order valence-electron chi connectivity index (χ3n) is 4.26. The zero-order chi connectivity index (χ0) is 17.1. The monoisotopic (exact) mass is 335 g/mol. The van der Waals surface area contributed by atoms with Crippen molar-refractivity contribution in [2.45, 2.75) is 18.9 Å². The summed E-state index contributed by atoms with van der Waals surface area (Å²) in [6, 6.07) is 18.0. The third kappa shape index (κ3) is 3.65. The average molecular weight is 335 g/mol. The molecule has 0 bridgehead atoms. The molecular weight excluding hydrogens is 318 g/mol. The fraction of sp³-hybridized carbons (Fsp3) is 0.222. The first-order chi connectivity index (χ1) is 12.3. The lowest BCUT2D eigenvalue weighted by atomic mass is 10.1. The van der Waals surface area contributed by atoms with E-state index in [2.05, 4.69) is 25.9 Å². The molecule has 2 N–H and O–H groups in total. The van der Waals surface area contributed by atoms with Crippen molar-refractivity contribution < 1.29 is 9.53 Å². The molecule has 0 aliphatic heterocycles. The summed E-state index contributed by atoms with van der Waals surface area (Å²) >= 11 is 0. The summed E-state index contributed by atoms with van der Waals surface area (Å²) in [5.74, 6) is 1.14. The van der Waals surface area contributed by atoms with Crippen LogP contribution >= 0.6 is 0 Å². The number of hydrogen-bond donors (Lipinski definition) is 2. The van der Waals surface area contributed by atoms with E-state index in [0.29, 0.717) is 6.61 Å². The number of amides is 1. The van der Waals surface area contributed by atoms with Crippen LogP contribution in [0.25, 0.3) is 0 Å².